The van der Waals surface area contributed by atoms with Crippen molar-refractivity contribution in [2.24, 2.45) is 11.8 Å². The van der Waals surface area contributed by atoms with Gasteiger partial charge in [0.1, 0.15) is 0 Å². The summed E-state index contributed by atoms with van der Waals surface area (Å²) in [6, 6.07) is 0. The maximum atomic E-state index is 13.8. The van der Waals surface area contributed by atoms with E-state index in [1.165, 1.54) is 12.4 Å². The summed E-state index contributed by atoms with van der Waals surface area (Å²) in [5.41, 5.74) is 6.75. The second kappa shape index (κ2) is 6.88. The van der Waals surface area contributed by atoms with Crippen molar-refractivity contribution in [3.05, 3.63) is 18.2 Å². The Morgan fingerprint density at radius 3 is 2.70 bits per heavy atom. The number of rotatable bonds is 5. The molecular formula is C15H24FN3O. The van der Waals surface area contributed by atoms with Gasteiger partial charge in [-0.05, 0) is 24.7 Å². The standard InChI is InChI=1S/C15H24FN3O/c1-11(2)9-20-10-12-3-5-19(6-4-12)15-13(16)7-18-8-14(15)17/h7-8,11-12H,3-6,9-10,17H2,1-2H3. The molecule has 0 aliphatic carbocycles. The molecule has 4 nitrogen and oxygen atoms in total. The van der Waals surface area contributed by atoms with Crippen molar-refractivity contribution in [2.75, 3.05) is 36.9 Å². The molecule has 0 radical (unpaired) electrons. The fourth-order valence-electron chi connectivity index (χ4n) is 2.57. The van der Waals surface area contributed by atoms with Crippen LogP contribution in [-0.2, 0) is 4.74 Å². The van der Waals surface area contributed by atoms with Crippen molar-refractivity contribution in [1.82, 2.24) is 4.98 Å². The topological polar surface area (TPSA) is 51.4 Å². The summed E-state index contributed by atoms with van der Waals surface area (Å²) >= 11 is 0. The Labute approximate surface area is 120 Å². The maximum absolute atomic E-state index is 13.8. The van der Waals surface area contributed by atoms with E-state index in [9.17, 15) is 4.39 Å². The van der Waals surface area contributed by atoms with Crippen LogP contribution in [0.15, 0.2) is 12.4 Å². The molecule has 0 saturated carbocycles. The summed E-state index contributed by atoms with van der Waals surface area (Å²) in [6.45, 7) is 7.56. The number of piperidine rings is 1. The molecule has 5 heteroatoms. The van der Waals surface area contributed by atoms with Gasteiger partial charge in [-0.3, -0.25) is 4.98 Å². The summed E-state index contributed by atoms with van der Waals surface area (Å²) < 4.78 is 19.5. The highest BCUT2D eigenvalue weighted by molar-refractivity contribution is 5.66. The van der Waals surface area contributed by atoms with Crippen molar-refractivity contribution < 1.29 is 9.13 Å². The Hall–Kier alpha value is -1.36. The second-order valence-corrected chi connectivity index (χ2v) is 5.92. The molecule has 1 aromatic rings. The summed E-state index contributed by atoms with van der Waals surface area (Å²) in [6.07, 6.45) is 4.76. The third-order valence-corrected chi connectivity index (χ3v) is 3.64. The molecule has 112 valence electrons. The zero-order valence-electron chi connectivity index (χ0n) is 12.3. The minimum absolute atomic E-state index is 0.334. The average Bonchev–Trinajstić information content (AvgIpc) is 2.40. The molecular weight excluding hydrogens is 257 g/mol. The Morgan fingerprint density at radius 1 is 1.40 bits per heavy atom. The fourth-order valence-corrected chi connectivity index (χ4v) is 2.57. The van der Waals surface area contributed by atoms with E-state index >= 15 is 0 Å². The second-order valence-electron chi connectivity index (χ2n) is 5.92. The van der Waals surface area contributed by atoms with Crippen LogP contribution in [0.25, 0.3) is 0 Å². The molecule has 0 atom stereocenters. The molecule has 2 N–H and O–H groups in total. The van der Waals surface area contributed by atoms with Crippen LogP contribution in [0.1, 0.15) is 26.7 Å². The number of halogens is 1. The monoisotopic (exact) mass is 281 g/mol. The van der Waals surface area contributed by atoms with Gasteiger partial charge >= 0.3 is 0 Å². The lowest BCUT2D eigenvalue weighted by Gasteiger charge is -2.34. The van der Waals surface area contributed by atoms with E-state index < -0.39 is 0 Å². The summed E-state index contributed by atoms with van der Waals surface area (Å²) in [7, 11) is 0. The van der Waals surface area contributed by atoms with E-state index in [-0.39, 0.29) is 5.82 Å². The third-order valence-electron chi connectivity index (χ3n) is 3.64. The molecule has 1 fully saturated rings. The van der Waals surface area contributed by atoms with Gasteiger partial charge in [0.15, 0.2) is 5.82 Å². The molecule has 20 heavy (non-hydrogen) atoms. The van der Waals surface area contributed by atoms with Crippen molar-refractivity contribution in [2.45, 2.75) is 26.7 Å². The molecule has 2 rings (SSSR count). The number of hydrogen-bond donors (Lipinski definition) is 1. The van der Waals surface area contributed by atoms with Crippen LogP contribution in [0.4, 0.5) is 15.8 Å². The number of aromatic nitrogens is 1. The van der Waals surface area contributed by atoms with Crippen molar-refractivity contribution in [3.63, 3.8) is 0 Å². The third kappa shape index (κ3) is 3.82. The molecule has 1 aliphatic heterocycles. The Kier molecular flexibility index (Phi) is 5.17. The Morgan fingerprint density at radius 2 is 2.10 bits per heavy atom. The molecule has 0 aromatic carbocycles. The largest absolute Gasteiger partial charge is 0.396 e. The normalized spacial score (nSPS) is 16.9. The zero-order chi connectivity index (χ0) is 14.5. The van der Waals surface area contributed by atoms with Gasteiger partial charge in [0.2, 0.25) is 0 Å². The van der Waals surface area contributed by atoms with Crippen LogP contribution < -0.4 is 10.6 Å². The Bertz CT molecular complexity index is 411. The number of nitrogens with zero attached hydrogens (tertiary/aromatic N) is 2. The van der Waals surface area contributed by atoms with Gasteiger partial charge in [-0.2, -0.15) is 0 Å². The number of hydrogen-bond acceptors (Lipinski definition) is 4. The minimum Gasteiger partial charge on any atom is -0.396 e. The van der Waals surface area contributed by atoms with Gasteiger partial charge in [-0.25, -0.2) is 4.39 Å². The molecule has 1 aliphatic rings. The number of ether oxygens (including phenoxy) is 1. The van der Waals surface area contributed by atoms with Gasteiger partial charge in [0.05, 0.1) is 23.8 Å². The van der Waals surface area contributed by atoms with E-state index in [2.05, 4.69) is 18.8 Å². The van der Waals surface area contributed by atoms with E-state index in [4.69, 9.17) is 10.5 Å². The average molecular weight is 281 g/mol. The van der Waals surface area contributed by atoms with E-state index in [0.717, 1.165) is 39.1 Å². The van der Waals surface area contributed by atoms with Crippen molar-refractivity contribution in [3.8, 4) is 0 Å². The molecule has 0 amide bonds. The predicted molar refractivity (Wildman–Crippen MR) is 79.2 cm³/mol. The highest BCUT2D eigenvalue weighted by atomic mass is 19.1. The quantitative estimate of drug-likeness (QED) is 0.901. The van der Waals surface area contributed by atoms with E-state index in [1.807, 2.05) is 4.90 Å². The number of nitrogens with two attached hydrogens (primary N) is 1. The summed E-state index contributed by atoms with van der Waals surface area (Å²) in [5, 5.41) is 0. The lowest BCUT2D eigenvalue weighted by Crippen LogP contribution is -2.36. The van der Waals surface area contributed by atoms with Crippen LogP contribution in [-0.4, -0.2) is 31.3 Å². The SMILES string of the molecule is CC(C)COCC1CCN(c2c(N)cncc2F)CC1. The molecule has 0 spiro atoms. The van der Waals surface area contributed by atoms with Crippen LogP contribution in [0, 0.1) is 17.7 Å². The van der Waals surface area contributed by atoms with Crippen molar-refractivity contribution >= 4 is 11.4 Å². The van der Waals surface area contributed by atoms with Crippen LogP contribution >= 0.6 is 0 Å². The zero-order valence-corrected chi connectivity index (χ0v) is 12.3. The molecule has 2 heterocycles. The number of anilines is 2. The first-order chi connectivity index (χ1) is 9.58. The number of nitrogen functional groups attached to an aromatic ring is 1. The number of pyridine rings is 1. The first-order valence-corrected chi connectivity index (χ1v) is 7.29. The van der Waals surface area contributed by atoms with Gasteiger partial charge in [-0.1, -0.05) is 13.8 Å². The van der Waals surface area contributed by atoms with Gasteiger partial charge in [0.25, 0.3) is 0 Å². The maximum Gasteiger partial charge on any atom is 0.166 e. The van der Waals surface area contributed by atoms with Crippen LogP contribution in [0.5, 0.6) is 0 Å². The molecule has 1 aromatic heterocycles. The van der Waals surface area contributed by atoms with Gasteiger partial charge in [-0.15, -0.1) is 0 Å². The summed E-state index contributed by atoms with van der Waals surface area (Å²) in [4.78, 5) is 5.78. The predicted octanol–water partition coefficient (Wildman–Crippen LogP) is 2.69. The van der Waals surface area contributed by atoms with Crippen LogP contribution in [0.2, 0.25) is 0 Å². The smallest absolute Gasteiger partial charge is 0.166 e. The van der Waals surface area contributed by atoms with Gasteiger partial charge in [0, 0.05) is 26.3 Å². The Balaban J connectivity index is 1.85. The van der Waals surface area contributed by atoms with E-state index in [0.29, 0.717) is 23.2 Å². The molecule has 0 bridgehead atoms. The first kappa shape index (κ1) is 15.0. The van der Waals surface area contributed by atoms with E-state index in [1.54, 1.807) is 0 Å². The fraction of sp³-hybridized carbons (Fsp3) is 0.667. The van der Waals surface area contributed by atoms with Crippen molar-refractivity contribution in [1.29, 1.82) is 0 Å². The first-order valence-electron chi connectivity index (χ1n) is 7.29. The lowest BCUT2D eigenvalue weighted by molar-refractivity contribution is 0.0720. The van der Waals surface area contributed by atoms with Crippen LogP contribution in [0.3, 0.4) is 0 Å². The lowest BCUT2D eigenvalue weighted by atomic mass is 9.97. The minimum atomic E-state index is -0.334. The van der Waals surface area contributed by atoms with Gasteiger partial charge < -0.3 is 15.4 Å². The highest BCUT2D eigenvalue weighted by Crippen LogP contribution is 2.29. The highest BCUT2D eigenvalue weighted by Gasteiger charge is 2.23. The molecule has 0 unspecified atom stereocenters. The summed E-state index contributed by atoms with van der Waals surface area (Å²) in [5.74, 6) is 0.802. The molecule has 1 saturated heterocycles.